The van der Waals surface area contributed by atoms with Crippen LogP contribution in [0, 0.1) is 5.92 Å². The van der Waals surface area contributed by atoms with Crippen molar-refractivity contribution < 1.29 is 0 Å². The van der Waals surface area contributed by atoms with E-state index in [0.717, 1.165) is 6.42 Å². The maximum atomic E-state index is 6.00. The van der Waals surface area contributed by atoms with Crippen molar-refractivity contribution in [2.45, 2.75) is 45.2 Å². The van der Waals surface area contributed by atoms with Gasteiger partial charge < -0.3 is 11.1 Å². The first-order chi connectivity index (χ1) is 5.25. The van der Waals surface area contributed by atoms with Crippen molar-refractivity contribution >= 4 is 0 Å². The van der Waals surface area contributed by atoms with Gasteiger partial charge in [0.2, 0.25) is 0 Å². The van der Waals surface area contributed by atoms with Crippen molar-refractivity contribution in [2.24, 2.45) is 11.7 Å². The second-order valence-corrected chi connectivity index (χ2v) is 3.62. The Morgan fingerprint density at radius 1 is 1.64 bits per heavy atom. The molecule has 0 aliphatic carbocycles. The van der Waals surface area contributed by atoms with E-state index in [1.807, 2.05) is 0 Å². The van der Waals surface area contributed by atoms with Crippen molar-refractivity contribution in [3.63, 3.8) is 0 Å². The number of nitrogens with one attached hydrogen (secondary N) is 1. The Balaban J connectivity index is 2.40. The number of hydrogen-bond acceptors (Lipinski definition) is 2. The zero-order valence-corrected chi connectivity index (χ0v) is 7.64. The highest BCUT2D eigenvalue weighted by atomic mass is 14.9. The lowest BCUT2D eigenvalue weighted by molar-refractivity contribution is 0.250. The average molecular weight is 156 g/mol. The van der Waals surface area contributed by atoms with Gasteiger partial charge >= 0.3 is 0 Å². The molecule has 1 rings (SSSR count). The fraction of sp³-hybridized carbons (Fsp3) is 1.00. The molecule has 1 heterocycles. The largest absolute Gasteiger partial charge is 0.327 e. The van der Waals surface area contributed by atoms with E-state index in [9.17, 15) is 0 Å². The van der Waals surface area contributed by atoms with E-state index in [2.05, 4.69) is 19.2 Å². The Morgan fingerprint density at radius 2 is 2.36 bits per heavy atom. The summed E-state index contributed by atoms with van der Waals surface area (Å²) in [5.41, 5.74) is 6.00. The van der Waals surface area contributed by atoms with E-state index in [0.29, 0.717) is 18.0 Å². The molecule has 3 N–H and O–H groups in total. The van der Waals surface area contributed by atoms with Crippen LogP contribution in [0.5, 0.6) is 0 Å². The van der Waals surface area contributed by atoms with Crippen LogP contribution in [0.3, 0.4) is 0 Å². The number of piperidine rings is 1. The van der Waals surface area contributed by atoms with Gasteiger partial charge in [0.15, 0.2) is 0 Å². The molecule has 0 aromatic heterocycles. The first kappa shape index (κ1) is 9.01. The number of hydrogen-bond donors (Lipinski definition) is 2. The highest BCUT2D eigenvalue weighted by Gasteiger charge is 2.24. The van der Waals surface area contributed by atoms with E-state index >= 15 is 0 Å². The molecular formula is C9H20N2. The minimum absolute atomic E-state index is 0.401. The molecule has 0 aromatic rings. The van der Waals surface area contributed by atoms with Crippen LogP contribution in [-0.2, 0) is 0 Å². The summed E-state index contributed by atoms with van der Waals surface area (Å²) in [6, 6.07) is 1.02. The quantitative estimate of drug-likeness (QED) is 0.628. The Morgan fingerprint density at radius 3 is 2.91 bits per heavy atom. The Kier molecular flexibility index (Phi) is 3.34. The summed E-state index contributed by atoms with van der Waals surface area (Å²) in [5, 5.41) is 3.47. The second kappa shape index (κ2) is 4.07. The Bertz CT molecular complexity index is 110. The van der Waals surface area contributed by atoms with Gasteiger partial charge in [-0.2, -0.15) is 0 Å². The van der Waals surface area contributed by atoms with Crippen LogP contribution < -0.4 is 11.1 Å². The summed E-state index contributed by atoms with van der Waals surface area (Å²) in [7, 11) is 0. The van der Waals surface area contributed by atoms with Crippen molar-refractivity contribution in [1.82, 2.24) is 5.32 Å². The first-order valence-corrected chi connectivity index (χ1v) is 4.74. The SMILES string of the molecule is CCC(N)C1CCCNC1C. The van der Waals surface area contributed by atoms with Gasteiger partial charge in [-0.3, -0.25) is 0 Å². The van der Waals surface area contributed by atoms with Gasteiger partial charge in [-0.25, -0.2) is 0 Å². The fourth-order valence-electron chi connectivity index (χ4n) is 1.96. The minimum Gasteiger partial charge on any atom is -0.327 e. The van der Waals surface area contributed by atoms with Crippen LogP contribution in [0.2, 0.25) is 0 Å². The molecule has 0 saturated carbocycles. The highest BCUT2D eigenvalue weighted by Crippen LogP contribution is 2.20. The number of rotatable bonds is 2. The van der Waals surface area contributed by atoms with Gasteiger partial charge in [0, 0.05) is 12.1 Å². The van der Waals surface area contributed by atoms with Gasteiger partial charge in [-0.05, 0) is 38.6 Å². The van der Waals surface area contributed by atoms with Crippen LogP contribution in [-0.4, -0.2) is 18.6 Å². The summed E-state index contributed by atoms with van der Waals surface area (Å²) >= 11 is 0. The molecule has 2 heteroatoms. The molecular weight excluding hydrogens is 136 g/mol. The lowest BCUT2D eigenvalue weighted by Gasteiger charge is -2.33. The lowest BCUT2D eigenvalue weighted by atomic mass is 9.85. The molecule has 0 aromatic carbocycles. The van der Waals surface area contributed by atoms with E-state index in [1.54, 1.807) is 0 Å². The smallest absolute Gasteiger partial charge is 0.00817 e. The van der Waals surface area contributed by atoms with Gasteiger partial charge in [0.25, 0.3) is 0 Å². The second-order valence-electron chi connectivity index (χ2n) is 3.62. The third-order valence-electron chi connectivity index (χ3n) is 2.84. The van der Waals surface area contributed by atoms with Crippen LogP contribution >= 0.6 is 0 Å². The van der Waals surface area contributed by atoms with Crippen LogP contribution in [0.15, 0.2) is 0 Å². The van der Waals surface area contributed by atoms with Crippen LogP contribution in [0.25, 0.3) is 0 Å². The maximum absolute atomic E-state index is 6.00. The topological polar surface area (TPSA) is 38.0 Å². The molecule has 0 spiro atoms. The summed E-state index contributed by atoms with van der Waals surface area (Å²) < 4.78 is 0. The summed E-state index contributed by atoms with van der Waals surface area (Å²) in [4.78, 5) is 0. The summed E-state index contributed by atoms with van der Waals surface area (Å²) in [5.74, 6) is 0.703. The molecule has 1 aliphatic rings. The normalized spacial score (nSPS) is 35.2. The molecule has 0 radical (unpaired) electrons. The third-order valence-corrected chi connectivity index (χ3v) is 2.84. The molecule has 0 bridgehead atoms. The van der Waals surface area contributed by atoms with Crippen LogP contribution in [0.4, 0.5) is 0 Å². The van der Waals surface area contributed by atoms with Gasteiger partial charge in [-0.1, -0.05) is 6.92 Å². The molecule has 1 saturated heterocycles. The number of nitrogens with two attached hydrogens (primary N) is 1. The monoisotopic (exact) mass is 156 g/mol. The van der Waals surface area contributed by atoms with E-state index < -0.39 is 0 Å². The van der Waals surface area contributed by atoms with Gasteiger partial charge in [0.05, 0.1) is 0 Å². The summed E-state index contributed by atoms with van der Waals surface area (Å²) in [6.07, 6.45) is 3.71. The molecule has 1 aliphatic heterocycles. The predicted molar refractivity (Wildman–Crippen MR) is 48.5 cm³/mol. The highest BCUT2D eigenvalue weighted by molar-refractivity contribution is 4.84. The lowest BCUT2D eigenvalue weighted by Crippen LogP contribution is -2.47. The molecule has 3 atom stereocenters. The predicted octanol–water partition coefficient (Wildman–Crippen LogP) is 1.11. The zero-order valence-electron chi connectivity index (χ0n) is 7.64. The molecule has 0 amide bonds. The maximum Gasteiger partial charge on any atom is 0.00817 e. The Labute approximate surface area is 69.5 Å². The van der Waals surface area contributed by atoms with E-state index in [1.165, 1.54) is 19.4 Å². The van der Waals surface area contributed by atoms with Crippen molar-refractivity contribution in [3.05, 3.63) is 0 Å². The van der Waals surface area contributed by atoms with Crippen LogP contribution in [0.1, 0.15) is 33.1 Å². The van der Waals surface area contributed by atoms with Crippen molar-refractivity contribution in [1.29, 1.82) is 0 Å². The molecule has 2 nitrogen and oxygen atoms in total. The summed E-state index contributed by atoms with van der Waals surface area (Å²) in [6.45, 7) is 5.60. The Hall–Kier alpha value is -0.0800. The molecule has 66 valence electrons. The minimum atomic E-state index is 0.401. The fourth-order valence-corrected chi connectivity index (χ4v) is 1.96. The van der Waals surface area contributed by atoms with Gasteiger partial charge in [-0.15, -0.1) is 0 Å². The van der Waals surface area contributed by atoms with E-state index in [4.69, 9.17) is 5.73 Å². The third kappa shape index (κ3) is 2.17. The van der Waals surface area contributed by atoms with Crippen molar-refractivity contribution in [2.75, 3.05) is 6.54 Å². The standard InChI is InChI=1S/C9H20N2/c1-3-9(10)8-5-4-6-11-7(8)2/h7-9,11H,3-6,10H2,1-2H3. The molecule has 1 fully saturated rings. The zero-order chi connectivity index (χ0) is 8.27. The molecule has 11 heavy (non-hydrogen) atoms. The molecule has 3 unspecified atom stereocenters. The first-order valence-electron chi connectivity index (χ1n) is 4.74. The van der Waals surface area contributed by atoms with Crippen molar-refractivity contribution in [3.8, 4) is 0 Å². The van der Waals surface area contributed by atoms with E-state index in [-0.39, 0.29) is 0 Å². The van der Waals surface area contributed by atoms with Gasteiger partial charge in [0.1, 0.15) is 0 Å². The average Bonchev–Trinajstić information content (AvgIpc) is 2.04.